The normalized spacial score (nSPS) is 10.7. The van der Waals surface area contributed by atoms with Crippen LogP contribution in [0.15, 0.2) is 83.7 Å². The number of rotatable bonds is 5. The number of anilines is 1. The Bertz CT molecular complexity index is 1220. The Kier molecular flexibility index (Phi) is 4.55. The van der Waals surface area contributed by atoms with E-state index in [1.54, 1.807) is 42.5 Å². The molecule has 4 aromatic rings. The Morgan fingerprint density at radius 2 is 1.61 bits per heavy atom. The average Bonchev–Trinajstić information content (AvgIpc) is 2.73. The van der Waals surface area contributed by atoms with Gasteiger partial charge in [0.25, 0.3) is 11.2 Å². The van der Waals surface area contributed by atoms with E-state index in [1.807, 2.05) is 30.3 Å². The highest BCUT2D eigenvalue weighted by Crippen LogP contribution is 2.25. The van der Waals surface area contributed by atoms with Gasteiger partial charge in [-0.05, 0) is 23.8 Å². The number of nitrogens with one attached hydrogen (secondary N) is 1. The Labute approximate surface area is 160 Å². The highest BCUT2D eigenvalue weighted by Gasteiger charge is 2.20. The van der Waals surface area contributed by atoms with E-state index in [0.717, 1.165) is 5.56 Å². The standard InChI is InChI=1S/C21H16N4O3/c26-20-16-10-4-5-11-17(16)23-21(22-14-15-8-2-1-3-9-15)24(20)18-12-6-7-13-19(18)25(27)28/h1-13H,14H2,(H,22,23). The average molecular weight is 372 g/mol. The van der Waals surface area contributed by atoms with Gasteiger partial charge in [0.1, 0.15) is 5.69 Å². The zero-order valence-corrected chi connectivity index (χ0v) is 14.8. The summed E-state index contributed by atoms with van der Waals surface area (Å²) in [6.07, 6.45) is 0. The van der Waals surface area contributed by atoms with Crippen molar-refractivity contribution in [2.24, 2.45) is 0 Å². The largest absolute Gasteiger partial charge is 0.351 e. The first-order valence-electron chi connectivity index (χ1n) is 8.68. The first kappa shape index (κ1) is 17.4. The Morgan fingerprint density at radius 3 is 2.39 bits per heavy atom. The Hall–Kier alpha value is -4.00. The van der Waals surface area contributed by atoms with Crippen molar-refractivity contribution < 1.29 is 4.92 Å². The number of benzene rings is 3. The SMILES string of the molecule is O=c1c2ccccc2nc(NCc2ccccc2)n1-c1ccccc1[N+](=O)[O-]. The lowest BCUT2D eigenvalue weighted by Gasteiger charge is -2.15. The van der Waals surface area contributed by atoms with Gasteiger partial charge in [-0.3, -0.25) is 14.9 Å². The van der Waals surface area contributed by atoms with Crippen LogP contribution in [-0.4, -0.2) is 14.5 Å². The summed E-state index contributed by atoms with van der Waals surface area (Å²) in [5.74, 6) is 0.252. The van der Waals surface area contributed by atoms with E-state index in [4.69, 9.17) is 0 Å². The maximum absolute atomic E-state index is 13.2. The smallest absolute Gasteiger partial charge is 0.293 e. The van der Waals surface area contributed by atoms with Gasteiger partial charge in [0.2, 0.25) is 5.95 Å². The highest BCUT2D eigenvalue weighted by molar-refractivity contribution is 5.79. The van der Waals surface area contributed by atoms with Gasteiger partial charge in [0.05, 0.1) is 15.8 Å². The zero-order valence-electron chi connectivity index (χ0n) is 14.8. The first-order chi connectivity index (χ1) is 13.6. The third kappa shape index (κ3) is 3.21. The molecule has 0 aliphatic heterocycles. The zero-order chi connectivity index (χ0) is 19.5. The predicted molar refractivity (Wildman–Crippen MR) is 108 cm³/mol. The van der Waals surface area contributed by atoms with E-state index in [-0.39, 0.29) is 22.9 Å². The fraction of sp³-hybridized carbons (Fsp3) is 0.0476. The number of hydrogen-bond donors (Lipinski definition) is 1. The van der Waals surface area contributed by atoms with Crippen LogP contribution in [0.25, 0.3) is 16.6 Å². The summed E-state index contributed by atoms with van der Waals surface area (Å²) >= 11 is 0. The third-order valence-electron chi connectivity index (χ3n) is 4.39. The van der Waals surface area contributed by atoms with Gasteiger partial charge in [-0.1, -0.05) is 54.6 Å². The molecule has 0 spiro atoms. The monoisotopic (exact) mass is 372 g/mol. The first-order valence-corrected chi connectivity index (χ1v) is 8.68. The van der Waals surface area contributed by atoms with E-state index >= 15 is 0 Å². The number of aromatic nitrogens is 2. The summed E-state index contributed by atoms with van der Waals surface area (Å²) in [5, 5.41) is 15.1. The Morgan fingerprint density at radius 1 is 0.929 bits per heavy atom. The van der Waals surface area contributed by atoms with Crippen LogP contribution in [0.4, 0.5) is 11.6 Å². The molecule has 0 aliphatic rings. The van der Waals surface area contributed by atoms with Crippen molar-refractivity contribution in [1.29, 1.82) is 0 Å². The molecule has 0 atom stereocenters. The number of hydrogen-bond acceptors (Lipinski definition) is 5. The molecule has 1 heterocycles. The van der Waals surface area contributed by atoms with Crippen molar-refractivity contribution >= 4 is 22.5 Å². The fourth-order valence-electron chi connectivity index (χ4n) is 3.06. The fourth-order valence-corrected chi connectivity index (χ4v) is 3.06. The van der Waals surface area contributed by atoms with Crippen LogP contribution in [0.1, 0.15) is 5.56 Å². The van der Waals surface area contributed by atoms with Crippen molar-refractivity contribution in [1.82, 2.24) is 9.55 Å². The molecule has 0 aliphatic carbocycles. The summed E-state index contributed by atoms with van der Waals surface area (Å²) in [6, 6.07) is 22.7. The molecule has 0 fully saturated rings. The molecule has 1 N–H and O–H groups in total. The van der Waals surface area contributed by atoms with Crippen LogP contribution >= 0.6 is 0 Å². The number of nitrogens with zero attached hydrogens (tertiary/aromatic N) is 3. The molecule has 0 radical (unpaired) electrons. The molecule has 7 heteroatoms. The lowest BCUT2D eigenvalue weighted by atomic mass is 10.2. The highest BCUT2D eigenvalue weighted by atomic mass is 16.6. The molecular formula is C21H16N4O3. The summed E-state index contributed by atoms with van der Waals surface area (Å²) in [5.41, 5.74) is 1.17. The topological polar surface area (TPSA) is 90.1 Å². The summed E-state index contributed by atoms with van der Waals surface area (Å²) in [4.78, 5) is 28.8. The van der Waals surface area contributed by atoms with Crippen molar-refractivity contribution in [3.05, 3.63) is 105 Å². The molecular weight excluding hydrogens is 356 g/mol. The van der Waals surface area contributed by atoms with Crippen molar-refractivity contribution in [3.8, 4) is 5.69 Å². The van der Waals surface area contributed by atoms with Gasteiger partial charge in [-0.25, -0.2) is 9.55 Å². The maximum Gasteiger partial charge on any atom is 0.293 e. The summed E-state index contributed by atoms with van der Waals surface area (Å²) < 4.78 is 1.27. The molecule has 138 valence electrons. The number of fused-ring (bicyclic) bond motifs is 1. The van der Waals surface area contributed by atoms with Crippen molar-refractivity contribution in [3.63, 3.8) is 0 Å². The number of nitro benzene ring substituents is 1. The second-order valence-corrected chi connectivity index (χ2v) is 6.18. The van der Waals surface area contributed by atoms with Crippen LogP contribution in [0.2, 0.25) is 0 Å². The predicted octanol–water partition coefficient (Wildman–Crippen LogP) is 3.91. The van der Waals surface area contributed by atoms with Gasteiger partial charge in [-0.15, -0.1) is 0 Å². The quantitative estimate of drug-likeness (QED) is 0.424. The van der Waals surface area contributed by atoms with Crippen LogP contribution in [-0.2, 0) is 6.54 Å². The van der Waals surface area contributed by atoms with E-state index in [2.05, 4.69) is 10.3 Å². The molecule has 3 aromatic carbocycles. The van der Waals surface area contributed by atoms with Crippen LogP contribution in [0, 0.1) is 10.1 Å². The van der Waals surface area contributed by atoms with E-state index in [0.29, 0.717) is 17.4 Å². The van der Waals surface area contributed by atoms with Crippen LogP contribution < -0.4 is 10.9 Å². The molecule has 28 heavy (non-hydrogen) atoms. The minimum Gasteiger partial charge on any atom is -0.351 e. The number of para-hydroxylation sites is 3. The molecule has 0 saturated heterocycles. The molecule has 7 nitrogen and oxygen atoms in total. The second kappa shape index (κ2) is 7.32. The van der Waals surface area contributed by atoms with Gasteiger partial charge >= 0.3 is 0 Å². The van der Waals surface area contributed by atoms with Gasteiger partial charge in [-0.2, -0.15) is 0 Å². The molecule has 0 unspecified atom stereocenters. The van der Waals surface area contributed by atoms with E-state index < -0.39 is 4.92 Å². The molecule has 0 saturated carbocycles. The van der Waals surface area contributed by atoms with Crippen molar-refractivity contribution in [2.75, 3.05) is 5.32 Å². The molecule has 0 amide bonds. The lowest BCUT2D eigenvalue weighted by molar-refractivity contribution is -0.384. The summed E-state index contributed by atoms with van der Waals surface area (Å²) in [6.45, 7) is 0.423. The number of nitro groups is 1. The van der Waals surface area contributed by atoms with Crippen molar-refractivity contribution in [2.45, 2.75) is 6.54 Å². The van der Waals surface area contributed by atoms with Gasteiger partial charge in [0, 0.05) is 12.6 Å². The van der Waals surface area contributed by atoms with E-state index in [1.165, 1.54) is 10.6 Å². The molecule has 1 aromatic heterocycles. The molecule has 4 rings (SSSR count). The molecule has 0 bridgehead atoms. The summed E-state index contributed by atoms with van der Waals surface area (Å²) in [7, 11) is 0. The maximum atomic E-state index is 13.2. The second-order valence-electron chi connectivity index (χ2n) is 6.18. The Balaban J connectivity index is 1.92. The van der Waals surface area contributed by atoms with Gasteiger partial charge in [0.15, 0.2) is 0 Å². The van der Waals surface area contributed by atoms with E-state index in [9.17, 15) is 14.9 Å². The minimum absolute atomic E-state index is 0.163. The minimum atomic E-state index is -0.502. The van der Waals surface area contributed by atoms with Crippen LogP contribution in [0.5, 0.6) is 0 Å². The van der Waals surface area contributed by atoms with Gasteiger partial charge < -0.3 is 5.32 Å². The third-order valence-corrected chi connectivity index (χ3v) is 4.39. The van der Waals surface area contributed by atoms with Crippen LogP contribution in [0.3, 0.4) is 0 Å². The lowest BCUT2D eigenvalue weighted by Crippen LogP contribution is -2.24.